The van der Waals surface area contributed by atoms with Crippen LogP contribution in [-0.4, -0.2) is 22.0 Å². The van der Waals surface area contributed by atoms with Crippen LogP contribution in [0.4, 0.5) is 5.69 Å². The van der Waals surface area contributed by atoms with E-state index in [0.29, 0.717) is 17.7 Å². The smallest absolute Gasteiger partial charge is 0.337 e. The number of anilines is 1. The predicted molar refractivity (Wildman–Crippen MR) is 67.2 cm³/mol. The molecule has 98 valence electrons. The van der Waals surface area contributed by atoms with Crippen molar-refractivity contribution in [1.29, 1.82) is 0 Å². The molecule has 6 heteroatoms. The van der Waals surface area contributed by atoms with E-state index in [0.717, 1.165) is 0 Å². The number of carbonyl (C=O) groups is 2. The number of carbonyl (C=O) groups excluding carboxylic acids is 1. The third kappa shape index (κ3) is 2.62. The topological polar surface area (TPSA) is 92.4 Å². The van der Waals surface area contributed by atoms with E-state index in [4.69, 9.17) is 9.52 Å². The van der Waals surface area contributed by atoms with Crippen LogP contribution in [0.15, 0.2) is 35.2 Å². The standard InChI is InChI=1S/C13H12N2O4/c1-2-11-9(4-6-19-11)12(16)15-10-7-14-5-3-8(10)13(17)18/h3-7H,2H2,1H3,(H,15,16)(H,17,18). The lowest BCUT2D eigenvalue weighted by Gasteiger charge is -2.07. The number of aryl methyl sites for hydroxylation is 1. The van der Waals surface area contributed by atoms with Gasteiger partial charge in [0.1, 0.15) is 5.76 Å². The third-order valence-corrected chi connectivity index (χ3v) is 2.61. The first-order valence-electron chi connectivity index (χ1n) is 5.68. The van der Waals surface area contributed by atoms with E-state index in [1.807, 2.05) is 6.92 Å². The Labute approximate surface area is 109 Å². The number of amides is 1. The number of furan rings is 1. The van der Waals surface area contributed by atoms with Crippen LogP contribution in [0.3, 0.4) is 0 Å². The third-order valence-electron chi connectivity index (χ3n) is 2.61. The molecule has 0 radical (unpaired) electrons. The number of carboxylic acids is 1. The quantitative estimate of drug-likeness (QED) is 0.879. The highest BCUT2D eigenvalue weighted by Gasteiger charge is 2.16. The van der Waals surface area contributed by atoms with Crippen LogP contribution in [0.1, 0.15) is 33.4 Å². The lowest BCUT2D eigenvalue weighted by molar-refractivity contribution is 0.0698. The summed E-state index contributed by atoms with van der Waals surface area (Å²) >= 11 is 0. The maximum Gasteiger partial charge on any atom is 0.337 e. The van der Waals surface area contributed by atoms with E-state index >= 15 is 0 Å². The summed E-state index contributed by atoms with van der Waals surface area (Å²) in [5.74, 6) is -0.986. The van der Waals surface area contributed by atoms with Gasteiger partial charge in [0.25, 0.3) is 5.91 Å². The Bertz CT molecular complexity index is 619. The van der Waals surface area contributed by atoms with Gasteiger partial charge in [-0.05, 0) is 12.1 Å². The average Bonchev–Trinajstić information content (AvgIpc) is 2.87. The van der Waals surface area contributed by atoms with Gasteiger partial charge in [0.2, 0.25) is 0 Å². The summed E-state index contributed by atoms with van der Waals surface area (Å²) in [5, 5.41) is 11.5. The molecule has 2 aromatic heterocycles. The van der Waals surface area contributed by atoms with Gasteiger partial charge < -0.3 is 14.8 Å². The van der Waals surface area contributed by atoms with Gasteiger partial charge in [-0.2, -0.15) is 0 Å². The van der Waals surface area contributed by atoms with Crippen LogP contribution in [0.5, 0.6) is 0 Å². The van der Waals surface area contributed by atoms with Crippen LogP contribution in [0.2, 0.25) is 0 Å². The highest BCUT2D eigenvalue weighted by molar-refractivity contribution is 6.08. The van der Waals surface area contributed by atoms with Crippen LogP contribution in [-0.2, 0) is 6.42 Å². The molecule has 0 saturated heterocycles. The minimum absolute atomic E-state index is 0.00936. The van der Waals surface area contributed by atoms with Crippen molar-refractivity contribution in [2.24, 2.45) is 0 Å². The molecule has 0 fully saturated rings. The number of nitrogens with zero attached hydrogens (tertiary/aromatic N) is 1. The van der Waals surface area contributed by atoms with Gasteiger partial charge in [0.15, 0.2) is 0 Å². The fourth-order valence-electron chi connectivity index (χ4n) is 1.69. The normalized spacial score (nSPS) is 10.2. The monoisotopic (exact) mass is 260 g/mol. The highest BCUT2D eigenvalue weighted by atomic mass is 16.4. The maximum atomic E-state index is 12.0. The predicted octanol–water partition coefficient (Wildman–Crippen LogP) is 2.19. The summed E-state index contributed by atoms with van der Waals surface area (Å²) in [5.41, 5.74) is 0.538. The molecule has 0 aliphatic heterocycles. The van der Waals surface area contributed by atoms with Gasteiger partial charge in [-0.3, -0.25) is 9.78 Å². The Morgan fingerprint density at radius 1 is 1.37 bits per heavy atom. The van der Waals surface area contributed by atoms with E-state index in [9.17, 15) is 9.59 Å². The lowest BCUT2D eigenvalue weighted by atomic mass is 10.2. The fraction of sp³-hybridized carbons (Fsp3) is 0.154. The minimum Gasteiger partial charge on any atom is -0.478 e. The number of carboxylic acid groups (broad SMARTS) is 1. The van der Waals surface area contributed by atoms with E-state index < -0.39 is 11.9 Å². The van der Waals surface area contributed by atoms with Gasteiger partial charge in [0, 0.05) is 12.6 Å². The zero-order valence-corrected chi connectivity index (χ0v) is 10.2. The second kappa shape index (κ2) is 5.34. The fourth-order valence-corrected chi connectivity index (χ4v) is 1.69. The molecule has 2 rings (SSSR count). The number of rotatable bonds is 4. The van der Waals surface area contributed by atoms with Crippen LogP contribution in [0.25, 0.3) is 0 Å². The van der Waals surface area contributed by atoms with Crippen molar-refractivity contribution in [3.63, 3.8) is 0 Å². The van der Waals surface area contributed by atoms with E-state index in [1.54, 1.807) is 6.07 Å². The molecule has 2 N–H and O–H groups in total. The highest BCUT2D eigenvalue weighted by Crippen LogP contribution is 2.17. The first kappa shape index (κ1) is 12.8. The second-order valence-corrected chi connectivity index (χ2v) is 3.79. The number of pyridine rings is 1. The molecule has 0 aromatic carbocycles. The maximum absolute atomic E-state index is 12.0. The molecule has 0 aliphatic carbocycles. The zero-order valence-electron chi connectivity index (χ0n) is 10.2. The van der Waals surface area contributed by atoms with Crippen molar-refractivity contribution in [2.45, 2.75) is 13.3 Å². The van der Waals surface area contributed by atoms with Gasteiger partial charge in [-0.1, -0.05) is 6.92 Å². The van der Waals surface area contributed by atoms with Crippen LogP contribution >= 0.6 is 0 Å². The Morgan fingerprint density at radius 3 is 2.84 bits per heavy atom. The summed E-state index contributed by atoms with van der Waals surface area (Å²) in [6.07, 6.45) is 4.66. The summed E-state index contributed by atoms with van der Waals surface area (Å²) in [7, 11) is 0. The molecule has 0 saturated carbocycles. The molecular formula is C13H12N2O4. The summed E-state index contributed by atoms with van der Waals surface area (Å²) < 4.78 is 5.16. The van der Waals surface area contributed by atoms with Crippen LogP contribution < -0.4 is 5.32 Å². The van der Waals surface area contributed by atoms with Crippen molar-refractivity contribution in [1.82, 2.24) is 4.98 Å². The summed E-state index contributed by atoms with van der Waals surface area (Å²) in [6.45, 7) is 1.86. The van der Waals surface area contributed by atoms with Crippen molar-refractivity contribution in [3.05, 3.63) is 47.7 Å². The first-order valence-corrected chi connectivity index (χ1v) is 5.68. The van der Waals surface area contributed by atoms with Gasteiger partial charge in [-0.15, -0.1) is 0 Å². The molecule has 0 unspecified atom stereocenters. The SMILES string of the molecule is CCc1occc1C(=O)Nc1cnccc1C(=O)O. The van der Waals surface area contributed by atoms with Crippen molar-refractivity contribution in [3.8, 4) is 0 Å². The number of nitrogens with one attached hydrogen (secondary N) is 1. The average molecular weight is 260 g/mol. The van der Waals surface area contributed by atoms with E-state index in [2.05, 4.69) is 10.3 Å². The lowest BCUT2D eigenvalue weighted by Crippen LogP contribution is -2.15. The minimum atomic E-state index is -1.12. The molecule has 0 aliphatic rings. The zero-order chi connectivity index (χ0) is 13.8. The summed E-state index contributed by atoms with van der Waals surface area (Å²) in [4.78, 5) is 26.9. The molecule has 2 heterocycles. The molecule has 0 bridgehead atoms. The molecule has 19 heavy (non-hydrogen) atoms. The Hall–Kier alpha value is -2.63. The van der Waals surface area contributed by atoms with Gasteiger partial charge >= 0.3 is 5.97 Å². The Kier molecular flexibility index (Phi) is 3.61. The molecule has 0 spiro atoms. The number of hydrogen-bond acceptors (Lipinski definition) is 4. The summed E-state index contributed by atoms with van der Waals surface area (Å²) in [6, 6.07) is 2.87. The van der Waals surface area contributed by atoms with Gasteiger partial charge in [-0.25, -0.2) is 4.79 Å². The Morgan fingerprint density at radius 2 is 2.16 bits per heavy atom. The van der Waals surface area contributed by atoms with Gasteiger partial charge in [0.05, 0.1) is 29.3 Å². The molecule has 0 atom stereocenters. The molecular weight excluding hydrogens is 248 g/mol. The van der Waals surface area contributed by atoms with Crippen molar-refractivity contribution < 1.29 is 19.1 Å². The first-order chi connectivity index (χ1) is 9.13. The second-order valence-electron chi connectivity index (χ2n) is 3.79. The number of aromatic carboxylic acids is 1. The van der Waals surface area contributed by atoms with E-state index in [1.165, 1.54) is 24.7 Å². The molecule has 6 nitrogen and oxygen atoms in total. The molecule has 2 aromatic rings. The molecule has 1 amide bonds. The van der Waals surface area contributed by atoms with Crippen molar-refractivity contribution in [2.75, 3.05) is 5.32 Å². The Balaban J connectivity index is 2.27. The van der Waals surface area contributed by atoms with Crippen molar-refractivity contribution >= 4 is 17.6 Å². The van der Waals surface area contributed by atoms with E-state index in [-0.39, 0.29) is 11.3 Å². The number of aromatic nitrogens is 1. The largest absolute Gasteiger partial charge is 0.478 e. The number of hydrogen-bond donors (Lipinski definition) is 2. The van der Waals surface area contributed by atoms with Crippen LogP contribution in [0, 0.1) is 0 Å².